The smallest absolute Gasteiger partial charge is 0.337 e. The zero-order chi connectivity index (χ0) is 13.0. The van der Waals surface area contributed by atoms with Gasteiger partial charge in [0.25, 0.3) is 0 Å². The predicted octanol–water partition coefficient (Wildman–Crippen LogP) is 3.53. The second-order valence-corrected chi connectivity index (χ2v) is 4.10. The van der Waals surface area contributed by atoms with Crippen LogP contribution < -0.4 is 0 Å². The van der Waals surface area contributed by atoms with Gasteiger partial charge in [-0.2, -0.15) is 13.2 Å². The Balaban J connectivity index is 1.87. The summed E-state index contributed by atoms with van der Waals surface area (Å²) >= 11 is 0. The molecule has 0 saturated heterocycles. The van der Waals surface area contributed by atoms with E-state index in [1.807, 2.05) is 10.8 Å². The molecule has 0 spiro atoms. The van der Waals surface area contributed by atoms with Crippen molar-refractivity contribution in [3.8, 4) is 0 Å². The van der Waals surface area contributed by atoms with Crippen molar-refractivity contribution >= 4 is 0 Å². The minimum atomic E-state index is -4.25. The largest absolute Gasteiger partial charge is 0.416 e. The normalized spacial score (nSPS) is 11.7. The lowest BCUT2D eigenvalue weighted by atomic mass is 10.1. The van der Waals surface area contributed by atoms with Crippen LogP contribution in [0.1, 0.15) is 17.5 Å². The monoisotopic (exact) mass is 254 g/mol. The van der Waals surface area contributed by atoms with Crippen molar-refractivity contribution in [1.82, 2.24) is 9.55 Å². The second-order valence-electron chi connectivity index (χ2n) is 4.10. The molecule has 1 aromatic carbocycles. The molecular weight excluding hydrogens is 241 g/mol. The third-order valence-corrected chi connectivity index (χ3v) is 2.72. The summed E-state index contributed by atoms with van der Waals surface area (Å²) in [4.78, 5) is 3.92. The molecule has 0 atom stereocenters. The van der Waals surface area contributed by atoms with Gasteiger partial charge >= 0.3 is 6.18 Å². The summed E-state index contributed by atoms with van der Waals surface area (Å²) in [7, 11) is 0. The van der Waals surface area contributed by atoms with Crippen LogP contribution in [0.2, 0.25) is 0 Å². The summed E-state index contributed by atoms with van der Waals surface area (Å²) in [5, 5.41) is 0. The fraction of sp³-hybridized carbons (Fsp3) is 0.308. The van der Waals surface area contributed by atoms with E-state index in [9.17, 15) is 13.2 Å². The lowest BCUT2D eigenvalue weighted by Crippen LogP contribution is -2.04. The molecule has 0 saturated carbocycles. The van der Waals surface area contributed by atoms with Crippen molar-refractivity contribution in [2.45, 2.75) is 25.6 Å². The molecule has 0 bridgehead atoms. The van der Waals surface area contributed by atoms with Crippen LogP contribution in [0.5, 0.6) is 0 Å². The number of alkyl halides is 3. The Morgan fingerprint density at radius 1 is 1.11 bits per heavy atom. The van der Waals surface area contributed by atoms with E-state index in [4.69, 9.17) is 0 Å². The molecule has 1 heterocycles. The van der Waals surface area contributed by atoms with Gasteiger partial charge in [-0.1, -0.05) is 12.1 Å². The van der Waals surface area contributed by atoms with Gasteiger partial charge in [0.2, 0.25) is 0 Å². The van der Waals surface area contributed by atoms with Crippen molar-refractivity contribution in [1.29, 1.82) is 0 Å². The van der Waals surface area contributed by atoms with Gasteiger partial charge in [0.1, 0.15) is 0 Å². The summed E-state index contributed by atoms with van der Waals surface area (Å²) in [6, 6.07) is 5.34. The summed E-state index contributed by atoms with van der Waals surface area (Å²) in [5.74, 6) is 0. The number of hydrogen-bond acceptors (Lipinski definition) is 1. The number of imidazole rings is 1. The number of rotatable bonds is 4. The molecule has 96 valence electrons. The Morgan fingerprint density at radius 3 is 2.39 bits per heavy atom. The SMILES string of the molecule is FC(F)(F)c1ccc(CCCn2ccnc2)cc1. The average molecular weight is 254 g/mol. The third kappa shape index (κ3) is 3.35. The summed E-state index contributed by atoms with van der Waals surface area (Å²) in [6.45, 7) is 0.820. The molecule has 0 aliphatic heterocycles. The van der Waals surface area contributed by atoms with E-state index in [0.29, 0.717) is 0 Å². The molecule has 2 aromatic rings. The van der Waals surface area contributed by atoms with Gasteiger partial charge < -0.3 is 4.57 Å². The van der Waals surface area contributed by atoms with E-state index in [0.717, 1.165) is 37.1 Å². The van der Waals surface area contributed by atoms with Crippen molar-refractivity contribution in [3.05, 3.63) is 54.1 Å². The molecule has 0 aliphatic carbocycles. The summed E-state index contributed by atoms with van der Waals surface area (Å²) in [6.07, 6.45) is 2.69. The van der Waals surface area contributed by atoms with E-state index in [-0.39, 0.29) is 0 Å². The highest BCUT2D eigenvalue weighted by molar-refractivity contribution is 5.24. The molecule has 0 N–H and O–H groups in total. The minimum absolute atomic E-state index is 0.596. The van der Waals surface area contributed by atoms with Crippen LogP contribution in [0.15, 0.2) is 43.0 Å². The molecule has 5 heteroatoms. The van der Waals surface area contributed by atoms with Crippen LogP contribution in [0, 0.1) is 0 Å². The number of benzene rings is 1. The first-order valence-corrected chi connectivity index (χ1v) is 5.67. The Morgan fingerprint density at radius 2 is 1.83 bits per heavy atom. The number of aryl methyl sites for hydroxylation is 2. The van der Waals surface area contributed by atoms with Crippen molar-refractivity contribution in [2.75, 3.05) is 0 Å². The molecule has 18 heavy (non-hydrogen) atoms. The lowest BCUT2D eigenvalue weighted by molar-refractivity contribution is -0.137. The number of halogens is 3. The first-order chi connectivity index (χ1) is 8.55. The van der Waals surface area contributed by atoms with E-state index in [1.165, 1.54) is 12.1 Å². The molecule has 0 aliphatic rings. The van der Waals surface area contributed by atoms with Crippen LogP contribution in [0.4, 0.5) is 13.2 Å². The van der Waals surface area contributed by atoms with Crippen molar-refractivity contribution in [3.63, 3.8) is 0 Å². The Bertz CT molecular complexity index is 472. The maximum Gasteiger partial charge on any atom is 0.416 e. The number of aromatic nitrogens is 2. The van der Waals surface area contributed by atoms with Crippen LogP contribution >= 0.6 is 0 Å². The maximum absolute atomic E-state index is 12.3. The highest BCUT2D eigenvalue weighted by atomic mass is 19.4. The van der Waals surface area contributed by atoms with Gasteiger partial charge in [-0.15, -0.1) is 0 Å². The first kappa shape index (κ1) is 12.7. The van der Waals surface area contributed by atoms with Gasteiger partial charge in [0.15, 0.2) is 0 Å². The molecule has 0 amide bonds. The first-order valence-electron chi connectivity index (χ1n) is 5.67. The van der Waals surface area contributed by atoms with Gasteiger partial charge in [-0.3, -0.25) is 0 Å². The van der Waals surface area contributed by atoms with Crippen LogP contribution in [-0.2, 0) is 19.1 Å². The Labute approximate surface area is 103 Å². The molecule has 2 rings (SSSR count). The van der Waals surface area contributed by atoms with Crippen LogP contribution in [-0.4, -0.2) is 9.55 Å². The Kier molecular flexibility index (Phi) is 3.69. The second kappa shape index (κ2) is 5.25. The fourth-order valence-electron chi connectivity index (χ4n) is 1.75. The molecular formula is C13H13F3N2. The van der Waals surface area contributed by atoms with E-state index in [2.05, 4.69) is 4.98 Å². The van der Waals surface area contributed by atoms with Gasteiger partial charge in [0.05, 0.1) is 11.9 Å². The standard InChI is InChI=1S/C13H13F3N2/c14-13(15,16)12-5-3-11(4-6-12)2-1-8-18-9-7-17-10-18/h3-7,9-10H,1-2,8H2. The summed E-state index contributed by atoms with van der Waals surface area (Å²) < 4.78 is 39.0. The summed E-state index contributed by atoms with van der Waals surface area (Å²) in [5.41, 5.74) is 0.323. The average Bonchev–Trinajstić information content (AvgIpc) is 2.82. The van der Waals surface area contributed by atoms with Gasteiger partial charge in [0, 0.05) is 18.9 Å². The van der Waals surface area contributed by atoms with Gasteiger partial charge in [-0.05, 0) is 30.5 Å². The van der Waals surface area contributed by atoms with E-state index >= 15 is 0 Å². The molecule has 0 unspecified atom stereocenters. The highest BCUT2D eigenvalue weighted by Crippen LogP contribution is 2.29. The van der Waals surface area contributed by atoms with Crippen LogP contribution in [0.3, 0.4) is 0 Å². The molecule has 2 nitrogen and oxygen atoms in total. The lowest BCUT2D eigenvalue weighted by Gasteiger charge is -2.07. The third-order valence-electron chi connectivity index (χ3n) is 2.72. The zero-order valence-corrected chi connectivity index (χ0v) is 9.69. The zero-order valence-electron chi connectivity index (χ0n) is 9.69. The van der Waals surface area contributed by atoms with Crippen molar-refractivity contribution in [2.24, 2.45) is 0 Å². The number of nitrogens with zero attached hydrogens (tertiary/aromatic N) is 2. The van der Waals surface area contributed by atoms with E-state index < -0.39 is 11.7 Å². The fourth-order valence-corrected chi connectivity index (χ4v) is 1.75. The Hall–Kier alpha value is -1.78. The molecule has 0 fully saturated rings. The van der Waals surface area contributed by atoms with Crippen LogP contribution in [0.25, 0.3) is 0 Å². The topological polar surface area (TPSA) is 17.8 Å². The number of hydrogen-bond donors (Lipinski definition) is 0. The molecule has 1 aromatic heterocycles. The molecule has 0 radical (unpaired) electrons. The van der Waals surface area contributed by atoms with E-state index in [1.54, 1.807) is 12.5 Å². The predicted molar refractivity (Wildman–Crippen MR) is 62.0 cm³/mol. The minimum Gasteiger partial charge on any atom is -0.337 e. The maximum atomic E-state index is 12.3. The quantitative estimate of drug-likeness (QED) is 0.816. The van der Waals surface area contributed by atoms with Gasteiger partial charge in [-0.25, -0.2) is 4.98 Å². The van der Waals surface area contributed by atoms with Crippen molar-refractivity contribution < 1.29 is 13.2 Å². The highest BCUT2D eigenvalue weighted by Gasteiger charge is 2.29.